The lowest BCUT2D eigenvalue weighted by Crippen LogP contribution is -2.25. The van der Waals surface area contributed by atoms with Crippen molar-refractivity contribution in [2.75, 3.05) is 33.0 Å². The van der Waals surface area contributed by atoms with Crippen molar-refractivity contribution in [3.8, 4) is 0 Å². The Bertz CT molecular complexity index is 323. The Hall–Kier alpha value is -1.14. The van der Waals surface area contributed by atoms with Crippen LogP contribution in [0.15, 0.2) is 0 Å². The SMILES string of the molecule is CCCCCCCCCCOCCOCCCNC(=O)CCC(=O)O. The lowest BCUT2D eigenvalue weighted by atomic mass is 10.1. The minimum atomic E-state index is -0.953. The molecule has 0 fully saturated rings. The molecule has 0 aromatic carbocycles. The first-order chi connectivity index (χ1) is 12.2. The highest BCUT2D eigenvalue weighted by Gasteiger charge is 2.03. The summed E-state index contributed by atoms with van der Waals surface area (Å²) in [6.45, 7) is 5.31. The normalized spacial score (nSPS) is 10.8. The maximum absolute atomic E-state index is 11.3. The number of hydrogen-bond donors (Lipinski definition) is 2. The van der Waals surface area contributed by atoms with Gasteiger partial charge in [-0.25, -0.2) is 0 Å². The van der Waals surface area contributed by atoms with Crippen LogP contribution in [0.25, 0.3) is 0 Å². The summed E-state index contributed by atoms with van der Waals surface area (Å²) in [5.41, 5.74) is 0. The van der Waals surface area contributed by atoms with E-state index in [-0.39, 0.29) is 18.7 Å². The Labute approximate surface area is 152 Å². The van der Waals surface area contributed by atoms with Gasteiger partial charge in [-0.2, -0.15) is 0 Å². The van der Waals surface area contributed by atoms with Crippen molar-refractivity contribution >= 4 is 11.9 Å². The summed E-state index contributed by atoms with van der Waals surface area (Å²) in [5.74, 6) is -1.18. The fourth-order valence-corrected chi connectivity index (χ4v) is 2.37. The molecule has 0 radical (unpaired) electrons. The molecule has 25 heavy (non-hydrogen) atoms. The number of carboxylic acid groups (broad SMARTS) is 1. The molecule has 0 aromatic rings. The van der Waals surface area contributed by atoms with E-state index in [0.29, 0.717) is 26.4 Å². The van der Waals surface area contributed by atoms with Gasteiger partial charge in [-0.15, -0.1) is 0 Å². The van der Waals surface area contributed by atoms with Gasteiger partial charge >= 0.3 is 5.97 Å². The number of nitrogens with one attached hydrogen (secondary N) is 1. The number of rotatable bonds is 19. The molecular formula is C19H37NO5. The third kappa shape index (κ3) is 20.8. The fourth-order valence-electron chi connectivity index (χ4n) is 2.37. The van der Waals surface area contributed by atoms with E-state index in [1.807, 2.05) is 0 Å². The van der Waals surface area contributed by atoms with Crippen LogP contribution >= 0.6 is 0 Å². The summed E-state index contributed by atoms with van der Waals surface area (Å²) in [4.78, 5) is 21.6. The van der Waals surface area contributed by atoms with Crippen molar-refractivity contribution in [3.63, 3.8) is 0 Å². The zero-order valence-electron chi connectivity index (χ0n) is 15.9. The van der Waals surface area contributed by atoms with Crippen LogP contribution in [-0.4, -0.2) is 50.0 Å². The predicted molar refractivity (Wildman–Crippen MR) is 98.7 cm³/mol. The van der Waals surface area contributed by atoms with Crippen molar-refractivity contribution < 1.29 is 24.2 Å². The van der Waals surface area contributed by atoms with Crippen molar-refractivity contribution in [2.24, 2.45) is 0 Å². The molecule has 0 unspecified atom stereocenters. The van der Waals surface area contributed by atoms with E-state index in [1.165, 1.54) is 44.9 Å². The summed E-state index contributed by atoms with van der Waals surface area (Å²) in [6.07, 6.45) is 11.0. The minimum Gasteiger partial charge on any atom is -0.481 e. The van der Waals surface area contributed by atoms with Crippen LogP contribution in [0.4, 0.5) is 0 Å². The first-order valence-electron chi connectivity index (χ1n) is 9.80. The first kappa shape index (κ1) is 23.9. The van der Waals surface area contributed by atoms with Gasteiger partial charge in [0, 0.05) is 26.2 Å². The van der Waals surface area contributed by atoms with Gasteiger partial charge in [0.25, 0.3) is 0 Å². The fraction of sp³-hybridized carbons (Fsp3) is 0.895. The summed E-state index contributed by atoms with van der Waals surface area (Å²) in [6, 6.07) is 0. The van der Waals surface area contributed by atoms with Crippen LogP contribution in [0.1, 0.15) is 77.6 Å². The second-order valence-electron chi connectivity index (χ2n) is 6.30. The van der Waals surface area contributed by atoms with E-state index in [0.717, 1.165) is 19.4 Å². The third-order valence-corrected chi connectivity index (χ3v) is 3.87. The van der Waals surface area contributed by atoms with Crippen LogP contribution in [0.5, 0.6) is 0 Å². The van der Waals surface area contributed by atoms with Gasteiger partial charge in [-0.1, -0.05) is 51.9 Å². The molecule has 6 heteroatoms. The van der Waals surface area contributed by atoms with Crippen LogP contribution in [-0.2, 0) is 19.1 Å². The molecular weight excluding hydrogens is 322 g/mol. The average Bonchev–Trinajstić information content (AvgIpc) is 2.59. The number of carbonyl (C=O) groups excluding carboxylic acids is 1. The Morgan fingerprint density at radius 1 is 0.760 bits per heavy atom. The number of hydrogen-bond acceptors (Lipinski definition) is 4. The van der Waals surface area contributed by atoms with Gasteiger partial charge in [0.15, 0.2) is 0 Å². The number of unbranched alkanes of at least 4 members (excludes halogenated alkanes) is 7. The van der Waals surface area contributed by atoms with E-state index in [4.69, 9.17) is 14.6 Å². The summed E-state index contributed by atoms with van der Waals surface area (Å²) >= 11 is 0. The molecule has 0 spiro atoms. The van der Waals surface area contributed by atoms with E-state index in [1.54, 1.807) is 0 Å². The summed E-state index contributed by atoms with van der Waals surface area (Å²) in [7, 11) is 0. The van der Waals surface area contributed by atoms with Gasteiger partial charge in [0.2, 0.25) is 5.91 Å². The van der Waals surface area contributed by atoms with Gasteiger partial charge in [-0.3, -0.25) is 9.59 Å². The van der Waals surface area contributed by atoms with Crippen LogP contribution in [0, 0.1) is 0 Å². The summed E-state index contributed by atoms with van der Waals surface area (Å²) in [5, 5.41) is 11.1. The molecule has 0 aliphatic carbocycles. The molecule has 0 aliphatic heterocycles. The highest BCUT2D eigenvalue weighted by Crippen LogP contribution is 2.08. The molecule has 0 saturated carbocycles. The zero-order chi connectivity index (χ0) is 18.6. The van der Waals surface area contributed by atoms with E-state index >= 15 is 0 Å². The number of carboxylic acids is 1. The molecule has 6 nitrogen and oxygen atoms in total. The highest BCUT2D eigenvalue weighted by atomic mass is 16.5. The van der Waals surface area contributed by atoms with Gasteiger partial charge in [-0.05, 0) is 12.8 Å². The van der Waals surface area contributed by atoms with Crippen LogP contribution < -0.4 is 5.32 Å². The second kappa shape index (κ2) is 19.2. The Kier molecular flexibility index (Phi) is 18.3. The lowest BCUT2D eigenvalue weighted by molar-refractivity contribution is -0.138. The van der Waals surface area contributed by atoms with Crippen LogP contribution in [0.2, 0.25) is 0 Å². The number of carbonyl (C=O) groups is 2. The van der Waals surface area contributed by atoms with E-state index in [9.17, 15) is 9.59 Å². The molecule has 0 aromatic heterocycles. The number of aliphatic carboxylic acids is 1. The third-order valence-electron chi connectivity index (χ3n) is 3.87. The minimum absolute atomic E-state index is 0.0305. The molecule has 1 amide bonds. The predicted octanol–water partition coefficient (Wildman–Crippen LogP) is 3.53. The largest absolute Gasteiger partial charge is 0.481 e. The second-order valence-corrected chi connectivity index (χ2v) is 6.30. The average molecular weight is 360 g/mol. The Balaban J connectivity index is 3.09. The van der Waals surface area contributed by atoms with Gasteiger partial charge < -0.3 is 19.9 Å². The molecule has 0 saturated heterocycles. The van der Waals surface area contributed by atoms with Crippen LogP contribution in [0.3, 0.4) is 0 Å². The molecule has 0 heterocycles. The molecule has 0 bridgehead atoms. The van der Waals surface area contributed by atoms with Crippen molar-refractivity contribution in [3.05, 3.63) is 0 Å². The maximum atomic E-state index is 11.3. The van der Waals surface area contributed by atoms with Gasteiger partial charge in [0.1, 0.15) is 0 Å². The van der Waals surface area contributed by atoms with E-state index < -0.39 is 5.97 Å². The Morgan fingerprint density at radius 3 is 1.92 bits per heavy atom. The number of ether oxygens (including phenoxy) is 2. The zero-order valence-corrected chi connectivity index (χ0v) is 15.9. The molecule has 0 rings (SSSR count). The topological polar surface area (TPSA) is 84.9 Å². The lowest BCUT2D eigenvalue weighted by Gasteiger charge is -2.07. The van der Waals surface area contributed by atoms with Crippen molar-refractivity contribution in [2.45, 2.75) is 77.6 Å². The quantitative estimate of drug-likeness (QED) is 0.345. The van der Waals surface area contributed by atoms with Gasteiger partial charge in [0.05, 0.1) is 19.6 Å². The molecule has 2 N–H and O–H groups in total. The maximum Gasteiger partial charge on any atom is 0.303 e. The summed E-state index contributed by atoms with van der Waals surface area (Å²) < 4.78 is 11.0. The Morgan fingerprint density at radius 2 is 1.32 bits per heavy atom. The first-order valence-corrected chi connectivity index (χ1v) is 9.80. The van der Waals surface area contributed by atoms with E-state index in [2.05, 4.69) is 12.2 Å². The monoisotopic (exact) mass is 359 g/mol. The van der Waals surface area contributed by atoms with Crippen molar-refractivity contribution in [1.29, 1.82) is 0 Å². The number of amides is 1. The molecule has 0 aliphatic rings. The standard InChI is InChI=1S/C19H37NO5/c1-2-3-4-5-6-7-8-9-14-24-16-17-25-15-10-13-20-18(21)11-12-19(22)23/h2-17H2,1H3,(H,20,21)(H,22,23). The molecule has 0 atom stereocenters. The molecule has 148 valence electrons. The highest BCUT2D eigenvalue weighted by molar-refractivity contribution is 5.80. The smallest absolute Gasteiger partial charge is 0.303 e. The van der Waals surface area contributed by atoms with Crippen molar-refractivity contribution in [1.82, 2.24) is 5.32 Å².